The lowest BCUT2D eigenvalue weighted by atomic mass is 10.4. The molecule has 0 spiro atoms. The molecule has 0 unspecified atom stereocenters. The molecule has 0 aromatic heterocycles. The quantitative estimate of drug-likeness (QED) is 0.493. The van der Waals surface area contributed by atoms with E-state index >= 15 is 0 Å². The smallest absolute Gasteiger partial charge is 0.300 e. The normalized spacial score (nSPS) is 9.91. The highest BCUT2D eigenvalue weighted by Gasteiger charge is 2.17. The molecule has 0 atom stereocenters. The highest BCUT2D eigenvalue weighted by molar-refractivity contribution is 5.62. The van der Waals surface area contributed by atoms with Crippen LogP contribution < -0.4 is 0 Å². The van der Waals surface area contributed by atoms with Gasteiger partial charge in [-0.1, -0.05) is 6.92 Å². The molecule has 0 fully saturated rings. The first-order valence-electron chi connectivity index (χ1n) is 3.05. The van der Waals surface area contributed by atoms with E-state index in [-0.39, 0.29) is 6.42 Å². The third kappa shape index (κ3) is 17.6. The average Bonchev–Trinajstić information content (AvgIpc) is 1.87. The van der Waals surface area contributed by atoms with Gasteiger partial charge >= 0.3 is 0 Å². The molecule has 0 aliphatic rings. The lowest BCUT2D eigenvalue weighted by molar-refractivity contribution is -0.326. The van der Waals surface area contributed by atoms with Gasteiger partial charge in [-0.2, -0.15) is 0 Å². The fraction of sp³-hybridized carbons (Fsp3) is 0.833. The molecule has 0 radical (unpaired) electrons. The molecule has 0 aliphatic heterocycles. The highest BCUT2D eigenvalue weighted by atomic mass is 16.8. The Kier molecular flexibility index (Phi) is 7.18. The van der Waals surface area contributed by atoms with Crippen molar-refractivity contribution in [1.82, 2.24) is 0 Å². The van der Waals surface area contributed by atoms with Crippen LogP contribution in [-0.2, 0) is 9.53 Å². The van der Waals surface area contributed by atoms with E-state index in [1.807, 2.05) is 0 Å². The number of carbonyl (C=O) groups is 1. The molecular formula is C6H14O5. The second-order valence-corrected chi connectivity index (χ2v) is 1.82. The molecule has 11 heavy (non-hydrogen) atoms. The maximum absolute atomic E-state index is 9.00. The van der Waals surface area contributed by atoms with E-state index in [0.29, 0.717) is 0 Å². The molecule has 0 amide bonds. The van der Waals surface area contributed by atoms with Crippen molar-refractivity contribution >= 4 is 5.97 Å². The zero-order valence-electron chi connectivity index (χ0n) is 6.87. The van der Waals surface area contributed by atoms with Gasteiger partial charge in [0.15, 0.2) is 0 Å². The summed E-state index contributed by atoms with van der Waals surface area (Å²) >= 11 is 0. The summed E-state index contributed by atoms with van der Waals surface area (Å²) in [5.41, 5.74) is 0. The predicted molar refractivity (Wildman–Crippen MR) is 37.8 cm³/mol. The molecule has 0 aromatic rings. The van der Waals surface area contributed by atoms with Gasteiger partial charge in [0.05, 0.1) is 0 Å². The number of ether oxygens (including phenoxy) is 1. The van der Waals surface area contributed by atoms with E-state index < -0.39 is 11.9 Å². The van der Waals surface area contributed by atoms with Crippen molar-refractivity contribution in [3.8, 4) is 0 Å². The first-order valence-corrected chi connectivity index (χ1v) is 3.05. The zero-order valence-corrected chi connectivity index (χ0v) is 6.87. The lowest BCUT2D eigenvalue weighted by Crippen LogP contribution is -2.28. The number of hydrogen-bond acceptors (Lipinski definition) is 4. The largest absolute Gasteiger partial charge is 0.481 e. The van der Waals surface area contributed by atoms with Gasteiger partial charge in [-0.25, -0.2) is 0 Å². The highest BCUT2D eigenvalue weighted by Crippen LogP contribution is 2.02. The van der Waals surface area contributed by atoms with Crippen molar-refractivity contribution in [3.05, 3.63) is 0 Å². The van der Waals surface area contributed by atoms with Gasteiger partial charge in [-0.15, -0.1) is 0 Å². The minimum atomic E-state index is -1.92. The summed E-state index contributed by atoms with van der Waals surface area (Å²) in [6, 6.07) is 0. The van der Waals surface area contributed by atoms with Crippen molar-refractivity contribution in [2.75, 3.05) is 7.11 Å². The van der Waals surface area contributed by atoms with Gasteiger partial charge < -0.3 is 20.1 Å². The van der Waals surface area contributed by atoms with Gasteiger partial charge in [0, 0.05) is 20.5 Å². The summed E-state index contributed by atoms with van der Waals surface area (Å²) in [5, 5.41) is 24.3. The van der Waals surface area contributed by atoms with Crippen molar-refractivity contribution in [3.63, 3.8) is 0 Å². The second-order valence-electron chi connectivity index (χ2n) is 1.82. The minimum absolute atomic E-state index is 0.184. The summed E-state index contributed by atoms with van der Waals surface area (Å²) in [5.74, 6) is -2.75. The van der Waals surface area contributed by atoms with E-state index in [1.165, 1.54) is 7.11 Å². The molecule has 5 heteroatoms. The number of aliphatic carboxylic acids is 1. The van der Waals surface area contributed by atoms with Gasteiger partial charge in [0.25, 0.3) is 11.9 Å². The predicted octanol–water partition coefficient (Wildman–Crippen LogP) is -0.228. The molecule has 0 aromatic carbocycles. The number of carboxylic acid groups (broad SMARTS) is 1. The molecule has 0 saturated heterocycles. The topological polar surface area (TPSA) is 87.0 Å². The Bertz CT molecular complexity index is 99.5. The van der Waals surface area contributed by atoms with E-state index in [1.54, 1.807) is 6.92 Å². The maximum atomic E-state index is 9.00. The monoisotopic (exact) mass is 166 g/mol. The third-order valence-corrected chi connectivity index (χ3v) is 0.787. The van der Waals surface area contributed by atoms with Crippen LogP contribution in [0.1, 0.15) is 20.3 Å². The molecule has 0 bridgehead atoms. The van der Waals surface area contributed by atoms with Gasteiger partial charge in [-0.05, 0) is 0 Å². The number of aliphatic hydroxyl groups is 2. The number of hydrogen-bond donors (Lipinski definition) is 3. The number of carboxylic acids is 1. The van der Waals surface area contributed by atoms with Crippen LogP contribution >= 0.6 is 0 Å². The van der Waals surface area contributed by atoms with E-state index in [4.69, 9.17) is 20.1 Å². The summed E-state index contributed by atoms with van der Waals surface area (Å²) in [7, 11) is 1.24. The van der Waals surface area contributed by atoms with Crippen molar-refractivity contribution < 1.29 is 24.9 Å². The van der Waals surface area contributed by atoms with Crippen molar-refractivity contribution in [2.24, 2.45) is 0 Å². The first-order chi connectivity index (χ1) is 4.85. The maximum Gasteiger partial charge on any atom is 0.300 e. The van der Waals surface area contributed by atoms with Crippen LogP contribution in [0, 0.1) is 0 Å². The summed E-state index contributed by atoms with van der Waals surface area (Å²) in [6.45, 7) is 2.70. The Labute approximate surface area is 65.2 Å². The fourth-order valence-corrected chi connectivity index (χ4v) is 0.144. The Hall–Kier alpha value is -0.650. The minimum Gasteiger partial charge on any atom is -0.481 e. The van der Waals surface area contributed by atoms with Gasteiger partial charge in [0.2, 0.25) is 0 Å². The van der Waals surface area contributed by atoms with Gasteiger partial charge in [0.1, 0.15) is 0 Å². The SMILES string of the molecule is CC(=O)O.CCC(O)(O)OC. The average molecular weight is 166 g/mol. The van der Waals surface area contributed by atoms with E-state index in [9.17, 15) is 0 Å². The summed E-state index contributed by atoms with van der Waals surface area (Å²) in [4.78, 5) is 9.00. The molecule has 0 saturated carbocycles. The summed E-state index contributed by atoms with van der Waals surface area (Å²) in [6.07, 6.45) is 0.184. The number of rotatable bonds is 2. The van der Waals surface area contributed by atoms with E-state index in [0.717, 1.165) is 6.92 Å². The van der Waals surface area contributed by atoms with Crippen LogP contribution in [0.15, 0.2) is 0 Å². The molecule has 0 rings (SSSR count). The van der Waals surface area contributed by atoms with Gasteiger partial charge in [-0.3, -0.25) is 4.79 Å². The molecule has 5 nitrogen and oxygen atoms in total. The van der Waals surface area contributed by atoms with Crippen LogP contribution in [0.5, 0.6) is 0 Å². The summed E-state index contributed by atoms with van der Waals surface area (Å²) < 4.78 is 4.20. The van der Waals surface area contributed by atoms with Crippen LogP contribution in [0.2, 0.25) is 0 Å². The molecule has 0 heterocycles. The Morgan fingerprint density at radius 3 is 1.82 bits per heavy atom. The Morgan fingerprint density at radius 1 is 1.55 bits per heavy atom. The Morgan fingerprint density at radius 2 is 1.82 bits per heavy atom. The van der Waals surface area contributed by atoms with Crippen LogP contribution in [-0.4, -0.2) is 34.4 Å². The Balaban J connectivity index is 0. The van der Waals surface area contributed by atoms with Crippen molar-refractivity contribution in [1.29, 1.82) is 0 Å². The molecule has 68 valence electrons. The van der Waals surface area contributed by atoms with Crippen LogP contribution in [0.4, 0.5) is 0 Å². The van der Waals surface area contributed by atoms with E-state index in [2.05, 4.69) is 4.74 Å². The molecule has 3 N–H and O–H groups in total. The molecule has 0 aliphatic carbocycles. The standard InChI is InChI=1S/C4H10O3.C2H4O2/c1-3-4(5,6)7-2;1-2(3)4/h5-6H,3H2,1-2H3;1H3,(H,3,4). The fourth-order valence-electron chi connectivity index (χ4n) is 0.144. The van der Waals surface area contributed by atoms with Crippen molar-refractivity contribution in [2.45, 2.75) is 26.2 Å². The van der Waals surface area contributed by atoms with Crippen LogP contribution in [0.25, 0.3) is 0 Å². The second kappa shape index (κ2) is 6.09. The third-order valence-electron chi connectivity index (χ3n) is 0.787. The first kappa shape index (κ1) is 13.0. The lowest BCUT2D eigenvalue weighted by Gasteiger charge is -2.15. The molecular weight excluding hydrogens is 152 g/mol. The number of methoxy groups -OCH3 is 1. The zero-order chi connectivity index (χ0) is 9.49. The van der Waals surface area contributed by atoms with Crippen LogP contribution in [0.3, 0.4) is 0 Å².